The van der Waals surface area contributed by atoms with Crippen LogP contribution in [0.1, 0.15) is 30.7 Å². The number of benzene rings is 2. The molecule has 0 radical (unpaired) electrons. The quantitative estimate of drug-likeness (QED) is 0.585. The molecule has 5 heteroatoms. The van der Waals surface area contributed by atoms with Crippen LogP contribution in [-0.4, -0.2) is 30.6 Å². The van der Waals surface area contributed by atoms with Crippen LogP contribution in [0.15, 0.2) is 42.5 Å². The van der Waals surface area contributed by atoms with Crippen molar-refractivity contribution in [2.45, 2.75) is 33.6 Å². The molecule has 2 N–H and O–H groups in total. The number of para-hydroxylation sites is 1. The molecule has 0 saturated heterocycles. The molecular formula is C23H28N2O3. The Morgan fingerprint density at radius 2 is 1.79 bits per heavy atom. The van der Waals surface area contributed by atoms with Crippen molar-refractivity contribution >= 4 is 16.8 Å². The minimum atomic E-state index is 0.0313. The Kier molecular flexibility index (Phi) is 6.58. The fourth-order valence-electron chi connectivity index (χ4n) is 3.38. The summed E-state index contributed by atoms with van der Waals surface area (Å²) in [5.41, 5.74) is 4.29. The summed E-state index contributed by atoms with van der Waals surface area (Å²) < 4.78 is 11.3. The molecule has 0 saturated carbocycles. The molecule has 3 rings (SSSR count). The molecule has 3 aromatic rings. The molecule has 1 heterocycles. The zero-order chi connectivity index (χ0) is 19.9. The molecule has 0 unspecified atom stereocenters. The van der Waals surface area contributed by atoms with Crippen molar-refractivity contribution in [3.8, 4) is 11.5 Å². The third kappa shape index (κ3) is 4.66. The Morgan fingerprint density at radius 1 is 1.04 bits per heavy atom. The minimum absolute atomic E-state index is 0.0313. The number of carbonyl (C=O) groups excluding carboxylic acids is 1. The van der Waals surface area contributed by atoms with E-state index in [1.807, 2.05) is 57.2 Å². The van der Waals surface area contributed by atoms with Gasteiger partial charge in [-0.25, -0.2) is 0 Å². The SMILES string of the molecule is CCOc1ccc(CCNC(=O)Cc2c(C)[nH]c3ccccc23)cc1OCC. The van der Waals surface area contributed by atoms with Crippen molar-refractivity contribution in [1.29, 1.82) is 0 Å². The number of carbonyl (C=O) groups is 1. The number of amides is 1. The summed E-state index contributed by atoms with van der Waals surface area (Å²) >= 11 is 0. The topological polar surface area (TPSA) is 63.3 Å². The van der Waals surface area contributed by atoms with E-state index in [1.54, 1.807) is 0 Å². The van der Waals surface area contributed by atoms with Gasteiger partial charge in [0.25, 0.3) is 0 Å². The maximum absolute atomic E-state index is 12.4. The van der Waals surface area contributed by atoms with Gasteiger partial charge >= 0.3 is 0 Å². The fraction of sp³-hybridized carbons (Fsp3) is 0.348. The Labute approximate surface area is 166 Å². The van der Waals surface area contributed by atoms with Crippen molar-refractivity contribution in [2.75, 3.05) is 19.8 Å². The number of H-pyrrole nitrogens is 1. The number of aryl methyl sites for hydroxylation is 1. The number of ether oxygens (including phenoxy) is 2. The second-order valence-electron chi connectivity index (χ2n) is 6.70. The summed E-state index contributed by atoms with van der Waals surface area (Å²) in [7, 11) is 0. The molecule has 0 atom stereocenters. The molecule has 0 spiro atoms. The van der Waals surface area contributed by atoms with E-state index in [2.05, 4.69) is 16.4 Å². The van der Waals surface area contributed by atoms with E-state index in [1.165, 1.54) is 0 Å². The van der Waals surface area contributed by atoms with E-state index in [0.29, 0.717) is 26.2 Å². The first kappa shape index (κ1) is 19.8. The molecule has 0 aliphatic rings. The first-order valence-corrected chi connectivity index (χ1v) is 9.83. The third-order valence-electron chi connectivity index (χ3n) is 4.71. The number of fused-ring (bicyclic) bond motifs is 1. The maximum atomic E-state index is 12.4. The summed E-state index contributed by atoms with van der Waals surface area (Å²) in [4.78, 5) is 15.8. The Hall–Kier alpha value is -2.95. The highest BCUT2D eigenvalue weighted by Crippen LogP contribution is 2.28. The molecule has 148 valence electrons. The van der Waals surface area contributed by atoms with E-state index in [4.69, 9.17) is 9.47 Å². The van der Waals surface area contributed by atoms with Gasteiger partial charge in [0.2, 0.25) is 5.91 Å². The number of hydrogen-bond donors (Lipinski definition) is 2. The summed E-state index contributed by atoms with van der Waals surface area (Å²) in [5.74, 6) is 1.54. The Morgan fingerprint density at radius 3 is 2.57 bits per heavy atom. The summed E-state index contributed by atoms with van der Waals surface area (Å²) in [6.07, 6.45) is 1.12. The number of rotatable bonds is 9. The monoisotopic (exact) mass is 380 g/mol. The minimum Gasteiger partial charge on any atom is -0.490 e. The second-order valence-corrected chi connectivity index (χ2v) is 6.70. The van der Waals surface area contributed by atoms with Gasteiger partial charge in [-0.15, -0.1) is 0 Å². The van der Waals surface area contributed by atoms with Crippen LogP contribution in [-0.2, 0) is 17.6 Å². The van der Waals surface area contributed by atoms with E-state index in [-0.39, 0.29) is 5.91 Å². The molecule has 0 fully saturated rings. The van der Waals surface area contributed by atoms with Gasteiger partial charge < -0.3 is 19.8 Å². The highest BCUT2D eigenvalue weighted by Gasteiger charge is 2.12. The van der Waals surface area contributed by atoms with Gasteiger partial charge in [-0.1, -0.05) is 24.3 Å². The predicted molar refractivity (Wildman–Crippen MR) is 112 cm³/mol. The lowest BCUT2D eigenvalue weighted by molar-refractivity contribution is -0.120. The molecule has 0 aliphatic carbocycles. The molecule has 0 bridgehead atoms. The smallest absolute Gasteiger partial charge is 0.224 e. The maximum Gasteiger partial charge on any atom is 0.224 e. The van der Waals surface area contributed by atoms with Gasteiger partial charge in [0.1, 0.15) is 0 Å². The average molecular weight is 380 g/mol. The van der Waals surface area contributed by atoms with Crippen molar-refractivity contribution in [3.63, 3.8) is 0 Å². The van der Waals surface area contributed by atoms with Crippen molar-refractivity contribution in [1.82, 2.24) is 10.3 Å². The van der Waals surface area contributed by atoms with Crippen LogP contribution >= 0.6 is 0 Å². The van der Waals surface area contributed by atoms with Crippen LogP contribution in [0.2, 0.25) is 0 Å². The van der Waals surface area contributed by atoms with Crippen LogP contribution in [0.3, 0.4) is 0 Å². The van der Waals surface area contributed by atoms with Crippen molar-refractivity contribution in [3.05, 3.63) is 59.3 Å². The number of aromatic nitrogens is 1. The Balaban J connectivity index is 1.58. The summed E-state index contributed by atoms with van der Waals surface area (Å²) in [6, 6.07) is 14.0. The highest BCUT2D eigenvalue weighted by molar-refractivity contribution is 5.90. The number of nitrogens with one attached hydrogen (secondary N) is 2. The van der Waals surface area contributed by atoms with Crippen molar-refractivity contribution < 1.29 is 14.3 Å². The zero-order valence-corrected chi connectivity index (χ0v) is 16.8. The lowest BCUT2D eigenvalue weighted by Gasteiger charge is -2.12. The second kappa shape index (κ2) is 9.31. The van der Waals surface area contributed by atoms with Crippen LogP contribution in [0, 0.1) is 6.92 Å². The lowest BCUT2D eigenvalue weighted by Crippen LogP contribution is -2.27. The number of hydrogen-bond acceptors (Lipinski definition) is 3. The third-order valence-corrected chi connectivity index (χ3v) is 4.71. The normalized spacial score (nSPS) is 10.8. The molecule has 5 nitrogen and oxygen atoms in total. The Bertz CT molecular complexity index is 946. The molecule has 1 amide bonds. The zero-order valence-electron chi connectivity index (χ0n) is 16.8. The summed E-state index contributed by atoms with van der Waals surface area (Å²) in [5, 5.41) is 4.14. The van der Waals surface area contributed by atoms with Crippen LogP contribution in [0.25, 0.3) is 10.9 Å². The first-order valence-electron chi connectivity index (χ1n) is 9.83. The van der Waals surface area contributed by atoms with Gasteiger partial charge in [-0.3, -0.25) is 4.79 Å². The summed E-state index contributed by atoms with van der Waals surface area (Å²) in [6.45, 7) is 7.69. The van der Waals surface area contributed by atoms with Gasteiger partial charge in [-0.2, -0.15) is 0 Å². The molecule has 2 aromatic carbocycles. The van der Waals surface area contributed by atoms with E-state index >= 15 is 0 Å². The van der Waals surface area contributed by atoms with Crippen LogP contribution in [0.5, 0.6) is 11.5 Å². The van der Waals surface area contributed by atoms with E-state index in [0.717, 1.165) is 45.6 Å². The molecule has 1 aromatic heterocycles. The lowest BCUT2D eigenvalue weighted by atomic mass is 10.1. The van der Waals surface area contributed by atoms with Gasteiger partial charge in [0, 0.05) is 23.1 Å². The predicted octanol–water partition coefficient (Wildman–Crippen LogP) is 4.18. The van der Waals surface area contributed by atoms with Gasteiger partial charge in [0.15, 0.2) is 11.5 Å². The van der Waals surface area contributed by atoms with E-state index < -0.39 is 0 Å². The first-order chi connectivity index (χ1) is 13.6. The standard InChI is InChI=1S/C23H28N2O3/c1-4-27-21-11-10-17(14-22(21)28-5-2)12-13-24-23(26)15-19-16(3)25-20-9-7-6-8-18(19)20/h6-11,14,25H,4-5,12-13,15H2,1-3H3,(H,24,26). The van der Waals surface area contributed by atoms with Crippen LogP contribution in [0.4, 0.5) is 0 Å². The number of aromatic amines is 1. The molecule has 0 aliphatic heterocycles. The van der Waals surface area contributed by atoms with Gasteiger partial charge in [0.05, 0.1) is 19.6 Å². The fourth-order valence-corrected chi connectivity index (χ4v) is 3.38. The van der Waals surface area contributed by atoms with Crippen LogP contribution < -0.4 is 14.8 Å². The van der Waals surface area contributed by atoms with Crippen molar-refractivity contribution in [2.24, 2.45) is 0 Å². The average Bonchev–Trinajstić information content (AvgIpc) is 2.99. The highest BCUT2D eigenvalue weighted by atomic mass is 16.5. The van der Waals surface area contributed by atoms with E-state index in [9.17, 15) is 4.79 Å². The largest absolute Gasteiger partial charge is 0.490 e. The van der Waals surface area contributed by atoms with Gasteiger partial charge in [-0.05, 0) is 56.5 Å². The molecular weight excluding hydrogens is 352 g/mol. The molecule has 28 heavy (non-hydrogen) atoms.